The van der Waals surface area contributed by atoms with Gasteiger partial charge in [0.25, 0.3) is 0 Å². The Balaban J connectivity index is 2.20. The number of carboxylic acid groups (broad SMARTS) is 1. The topological polar surface area (TPSA) is 86.7 Å². The smallest absolute Gasteiger partial charge is 0.339 e. The lowest BCUT2D eigenvalue weighted by molar-refractivity contribution is 0.0697. The number of benzene rings is 1. The number of aromatic carboxylic acids is 1. The van der Waals surface area contributed by atoms with E-state index in [2.05, 4.69) is 0 Å². The van der Waals surface area contributed by atoms with Crippen LogP contribution >= 0.6 is 0 Å². The number of ether oxygens (including phenoxy) is 2. The standard InChI is InChI=1S/C14H14N2O4/c1-7-11(14(17)18)12(15)13(16(7)2)8-3-4-9-10(5-8)20-6-19-9/h3-5H,6,15H2,1-2H3,(H,17,18). The Morgan fingerprint density at radius 3 is 2.70 bits per heavy atom. The van der Waals surface area contributed by atoms with Crippen LogP contribution in [0, 0.1) is 6.92 Å². The summed E-state index contributed by atoms with van der Waals surface area (Å²) in [6.07, 6.45) is 0. The minimum Gasteiger partial charge on any atom is -0.478 e. The molecular formula is C14H14N2O4. The van der Waals surface area contributed by atoms with Gasteiger partial charge in [0.05, 0.1) is 11.4 Å². The fourth-order valence-electron chi connectivity index (χ4n) is 2.49. The minimum absolute atomic E-state index is 0.139. The predicted molar refractivity (Wildman–Crippen MR) is 73.1 cm³/mol. The molecule has 2 heterocycles. The van der Waals surface area contributed by atoms with Crippen molar-refractivity contribution in [3.63, 3.8) is 0 Å². The van der Waals surface area contributed by atoms with Crippen LogP contribution in [0.25, 0.3) is 11.3 Å². The minimum atomic E-state index is -1.03. The van der Waals surface area contributed by atoms with E-state index < -0.39 is 5.97 Å². The number of nitrogen functional groups attached to an aromatic ring is 1. The molecule has 0 atom stereocenters. The highest BCUT2D eigenvalue weighted by atomic mass is 16.7. The van der Waals surface area contributed by atoms with Crippen molar-refractivity contribution < 1.29 is 19.4 Å². The van der Waals surface area contributed by atoms with Gasteiger partial charge < -0.3 is 24.9 Å². The lowest BCUT2D eigenvalue weighted by Gasteiger charge is -2.07. The first-order valence-corrected chi connectivity index (χ1v) is 6.08. The van der Waals surface area contributed by atoms with Gasteiger partial charge in [0.15, 0.2) is 11.5 Å². The number of fused-ring (bicyclic) bond motifs is 1. The number of carbonyl (C=O) groups is 1. The summed E-state index contributed by atoms with van der Waals surface area (Å²) in [6.45, 7) is 1.93. The lowest BCUT2D eigenvalue weighted by Crippen LogP contribution is -2.01. The van der Waals surface area contributed by atoms with Crippen LogP contribution in [0.3, 0.4) is 0 Å². The van der Waals surface area contributed by atoms with E-state index >= 15 is 0 Å². The average Bonchev–Trinajstić information content (AvgIpc) is 2.93. The first-order valence-electron chi connectivity index (χ1n) is 6.08. The van der Waals surface area contributed by atoms with Gasteiger partial charge in [-0.05, 0) is 25.1 Å². The number of hydrogen-bond acceptors (Lipinski definition) is 4. The first kappa shape index (κ1) is 12.4. The second kappa shape index (κ2) is 4.19. The van der Waals surface area contributed by atoms with E-state index in [1.807, 2.05) is 6.07 Å². The highest BCUT2D eigenvalue weighted by Gasteiger charge is 2.23. The molecule has 6 heteroatoms. The van der Waals surface area contributed by atoms with E-state index in [0.29, 0.717) is 22.9 Å². The number of rotatable bonds is 2. The fourth-order valence-corrected chi connectivity index (χ4v) is 2.49. The molecule has 20 heavy (non-hydrogen) atoms. The van der Waals surface area contributed by atoms with Gasteiger partial charge in [0, 0.05) is 18.3 Å². The molecule has 0 unspecified atom stereocenters. The summed E-state index contributed by atoms with van der Waals surface area (Å²) in [5, 5.41) is 9.25. The SMILES string of the molecule is Cc1c(C(=O)O)c(N)c(-c2ccc3c(c2)OCO3)n1C. The van der Waals surface area contributed by atoms with E-state index in [0.717, 1.165) is 5.56 Å². The number of carboxylic acids is 1. The van der Waals surface area contributed by atoms with E-state index in [1.54, 1.807) is 30.7 Å². The molecule has 0 aliphatic carbocycles. The quantitative estimate of drug-likeness (QED) is 0.874. The molecule has 104 valence electrons. The number of hydrogen-bond donors (Lipinski definition) is 2. The van der Waals surface area contributed by atoms with Crippen LogP contribution < -0.4 is 15.2 Å². The Kier molecular flexibility index (Phi) is 2.60. The highest BCUT2D eigenvalue weighted by Crippen LogP contribution is 2.39. The van der Waals surface area contributed by atoms with Crippen molar-refractivity contribution in [1.29, 1.82) is 0 Å². The first-order chi connectivity index (χ1) is 9.50. The van der Waals surface area contributed by atoms with Crippen molar-refractivity contribution in [2.24, 2.45) is 7.05 Å². The molecule has 0 spiro atoms. The van der Waals surface area contributed by atoms with E-state index in [-0.39, 0.29) is 18.0 Å². The van der Waals surface area contributed by atoms with Gasteiger partial charge in [-0.2, -0.15) is 0 Å². The molecule has 1 aromatic heterocycles. The van der Waals surface area contributed by atoms with Gasteiger partial charge in [0.1, 0.15) is 5.56 Å². The maximum Gasteiger partial charge on any atom is 0.339 e. The molecule has 1 aromatic carbocycles. The second-order valence-corrected chi connectivity index (χ2v) is 4.65. The molecule has 1 aliphatic rings. The summed E-state index contributed by atoms with van der Waals surface area (Å²) in [4.78, 5) is 11.3. The van der Waals surface area contributed by atoms with Crippen LogP contribution in [0.5, 0.6) is 11.5 Å². The van der Waals surface area contributed by atoms with E-state index in [4.69, 9.17) is 15.2 Å². The van der Waals surface area contributed by atoms with Gasteiger partial charge >= 0.3 is 5.97 Å². The lowest BCUT2D eigenvalue weighted by atomic mass is 10.1. The summed E-state index contributed by atoms with van der Waals surface area (Å²) < 4.78 is 12.4. The summed E-state index contributed by atoms with van der Waals surface area (Å²) in [6, 6.07) is 5.43. The molecule has 3 rings (SSSR count). The van der Waals surface area contributed by atoms with Gasteiger partial charge in [-0.3, -0.25) is 0 Å². The van der Waals surface area contributed by atoms with Crippen molar-refractivity contribution >= 4 is 11.7 Å². The molecule has 0 saturated carbocycles. The number of nitrogens with two attached hydrogens (primary N) is 1. The third-order valence-electron chi connectivity index (χ3n) is 3.58. The summed E-state index contributed by atoms with van der Waals surface area (Å²) in [5.41, 5.74) is 8.48. The molecule has 0 bridgehead atoms. The Hall–Kier alpha value is -2.63. The number of aromatic nitrogens is 1. The Morgan fingerprint density at radius 1 is 1.35 bits per heavy atom. The zero-order chi connectivity index (χ0) is 14.4. The monoisotopic (exact) mass is 274 g/mol. The van der Waals surface area contributed by atoms with Crippen LogP contribution in [0.4, 0.5) is 5.69 Å². The van der Waals surface area contributed by atoms with Crippen molar-refractivity contribution in [2.75, 3.05) is 12.5 Å². The van der Waals surface area contributed by atoms with E-state index in [9.17, 15) is 9.90 Å². The van der Waals surface area contributed by atoms with Crippen molar-refractivity contribution in [2.45, 2.75) is 6.92 Å². The largest absolute Gasteiger partial charge is 0.478 e. The number of anilines is 1. The summed E-state index contributed by atoms with van der Waals surface area (Å²) in [7, 11) is 1.79. The van der Waals surface area contributed by atoms with Crippen LogP contribution in [-0.4, -0.2) is 22.4 Å². The van der Waals surface area contributed by atoms with Gasteiger partial charge in [-0.25, -0.2) is 4.79 Å². The van der Waals surface area contributed by atoms with Crippen LogP contribution in [0.1, 0.15) is 16.1 Å². The van der Waals surface area contributed by atoms with Crippen molar-refractivity contribution in [3.05, 3.63) is 29.5 Å². The third kappa shape index (κ3) is 1.61. The molecule has 0 amide bonds. The van der Waals surface area contributed by atoms with Gasteiger partial charge in [-0.1, -0.05) is 0 Å². The molecule has 0 fully saturated rings. The zero-order valence-corrected chi connectivity index (χ0v) is 11.1. The van der Waals surface area contributed by atoms with Crippen LogP contribution in [0.2, 0.25) is 0 Å². The van der Waals surface area contributed by atoms with Gasteiger partial charge in [0.2, 0.25) is 6.79 Å². The maximum atomic E-state index is 11.3. The molecule has 2 aromatic rings. The second-order valence-electron chi connectivity index (χ2n) is 4.65. The van der Waals surface area contributed by atoms with Crippen LogP contribution in [0.15, 0.2) is 18.2 Å². The average molecular weight is 274 g/mol. The molecule has 0 radical (unpaired) electrons. The summed E-state index contributed by atoms with van der Waals surface area (Å²) >= 11 is 0. The zero-order valence-electron chi connectivity index (χ0n) is 11.1. The van der Waals surface area contributed by atoms with E-state index in [1.165, 1.54) is 0 Å². The Bertz CT molecular complexity index is 718. The molecule has 1 aliphatic heterocycles. The Morgan fingerprint density at radius 2 is 2.05 bits per heavy atom. The van der Waals surface area contributed by atoms with Crippen molar-refractivity contribution in [1.82, 2.24) is 4.57 Å². The highest BCUT2D eigenvalue weighted by molar-refractivity contribution is 6.00. The van der Waals surface area contributed by atoms with Crippen LogP contribution in [-0.2, 0) is 7.05 Å². The third-order valence-corrected chi connectivity index (χ3v) is 3.58. The molecule has 6 nitrogen and oxygen atoms in total. The summed E-state index contributed by atoms with van der Waals surface area (Å²) in [5.74, 6) is 0.289. The fraction of sp³-hybridized carbons (Fsp3) is 0.214. The predicted octanol–water partition coefficient (Wildman–Crippen LogP) is 2.01. The maximum absolute atomic E-state index is 11.3. The van der Waals surface area contributed by atoms with Crippen molar-refractivity contribution in [3.8, 4) is 22.8 Å². The Labute approximate surface area is 115 Å². The number of nitrogens with zero attached hydrogens (tertiary/aromatic N) is 1. The molecular weight excluding hydrogens is 260 g/mol. The molecule has 0 saturated heterocycles. The normalized spacial score (nSPS) is 12.7. The van der Waals surface area contributed by atoms with Gasteiger partial charge in [-0.15, -0.1) is 0 Å². The molecule has 3 N–H and O–H groups in total.